The van der Waals surface area contributed by atoms with Crippen molar-refractivity contribution < 1.29 is 20.4 Å². The molecule has 4 heteroatoms. The number of phenols is 4. The Bertz CT molecular complexity index is 1350. The fraction of sp³-hybridized carbons (Fsp3) is 0.257. The van der Waals surface area contributed by atoms with Crippen molar-refractivity contribution in [1.29, 1.82) is 0 Å². The van der Waals surface area contributed by atoms with Gasteiger partial charge in [0, 0.05) is 5.41 Å². The van der Waals surface area contributed by atoms with Crippen LogP contribution in [0.4, 0.5) is 0 Å². The minimum absolute atomic E-state index is 0.164. The molecule has 4 nitrogen and oxygen atoms in total. The van der Waals surface area contributed by atoms with Crippen molar-refractivity contribution in [3.8, 4) is 23.0 Å². The lowest BCUT2D eigenvalue weighted by atomic mass is 9.74. The lowest BCUT2D eigenvalue weighted by molar-refractivity contribution is 0.473. The Kier molecular flexibility index (Phi) is 9.47. The van der Waals surface area contributed by atoms with Crippen molar-refractivity contribution >= 4 is 5.57 Å². The molecule has 4 rings (SSSR count). The predicted molar refractivity (Wildman–Crippen MR) is 160 cm³/mol. The summed E-state index contributed by atoms with van der Waals surface area (Å²) in [6.07, 6.45) is 4.08. The molecule has 0 aliphatic carbocycles. The normalized spacial score (nSPS) is 12.0. The number of phenolic OH excluding ortho intramolecular Hbond substituents is 4. The van der Waals surface area contributed by atoms with E-state index in [0.29, 0.717) is 5.75 Å². The molecular formula is C35H40O4. The lowest BCUT2D eigenvalue weighted by Crippen LogP contribution is -2.20. The first-order chi connectivity index (χ1) is 18.4. The number of hydrogen-bond acceptors (Lipinski definition) is 4. The van der Waals surface area contributed by atoms with Crippen LogP contribution in [-0.2, 0) is 17.3 Å². The van der Waals surface area contributed by atoms with Crippen molar-refractivity contribution in [3.63, 3.8) is 0 Å². The zero-order chi connectivity index (χ0) is 28.6. The maximum Gasteiger partial charge on any atom is 0.115 e. The molecule has 0 saturated heterocycles. The minimum Gasteiger partial charge on any atom is -0.508 e. The summed E-state index contributed by atoms with van der Waals surface area (Å²) in [4.78, 5) is 0. The quantitative estimate of drug-likeness (QED) is 0.195. The van der Waals surface area contributed by atoms with Crippen LogP contribution in [0.5, 0.6) is 23.0 Å². The molecule has 0 aliphatic rings. The number of rotatable bonds is 7. The average molecular weight is 525 g/mol. The van der Waals surface area contributed by atoms with Crippen LogP contribution in [-0.4, -0.2) is 20.4 Å². The highest BCUT2D eigenvalue weighted by atomic mass is 16.3. The predicted octanol–water partition coefficient (Wildman–Crippen LogP) is 8.49. The Morgan fingerprint density at radius 3 is 1.38 bits per heavy atom. The van der Waals surface area contributed by atoms with Gasteiger partial charge in [-0.25, -0.2) is 0 Å². The van der Waals surface area contributed by atoms with E-state index in [4.69, 9.17) is 5.11 Å². The van der Waals surface area contributed by atoms with Crippen LogP contribution in [0.2, 0.25) is 0 Å². The summed E-state index contributed by atoms with van der Waals surface area (Å²) in [5, 5.41) is 37.9. The van der Waals surface area contributed by atoms with Gasteiger partial charge in [0.25, 0.3) is 0 Å². The summed E-state index contributed by atoms with van der Waals surface area (Å²) < 4.78 is 0. The monoisotopic (exact) mass is 524 g/mol. The molecule has 0 heterocycles. The Hall–Kier alpha value is -4.18. The van der Waals surface area contributed by atoms with Gasteiger partial charge in [-0.05, 0) is 94.6 Å². The topological polar surface area (TPSA) is 80.9 Å². The molecular weight excluding hydrogens is 484 g/mol. The van der Waals surface area contributed by atoms with Crippen LogP contribution in [0.25, 0.3) is 5.57 Å². The highest BCUT2D eigenvalue weighted by Gasteiger charge is 2.26. The molecule has 0 radical (unpaired) electrons. The van der Waals surface area contributed by atoms with Crippen molar-refractivity contribution in [2.75, 3.05) is 0 Å². The van der Waals surface area contributed by atoms with Crippen LogP contribution >= 0.6 is 0 Å². The largest absolute Gasteiger partial charge is 0.508 e. The van der Waals surface area contributed by atoms with Gasteiger partial charge in [0.2, 0.25) is 0 Å². The van der Waals surface area contributed by atoms with Crippen LogP contribution in [0, 0.1) is 0 Å². The molecule has 0 fully saturated rings. The van der Waals surface area contributed by atoms with E-state index in [0.717, 1.165) is 29.5 Å². The Labute approximate surface area is 232 Å². The Balaban J connectivity index is 0.000000395. The van der Waals surface area contributed by atoms with Gasteiger partial charge >= 0.3 is 0 Å². The highest BCUT2D eigenvalue weighted by Crippen LogP contribution is 2.38. The second-order valence-electron chi connectivity index (χ2n) is 11.1. The van der Waals surface area contributed by atoms with Gasteiger partial charge in [0.1, 0.15) is 23.0 Å². The van der Waals surface area contributed by atoms with Crippen LogP contribution in [0.15, 0.2) is 103 Å². The number of aryl methyl sites for hydroxylation is 1. The van der Waals surface area contributed by atoms with Crippen molar-refractivity contribution in [2.24, 2.45) is 0 Å². The summed E-state index contributed by atoms with van der Waals surface area (Å²) in [6, 6.07) is 29.3. The first-order valence-corrected chi connectivity index (χ1v) is 13.3. The van der Waals surface area contributed by atoms with E-state index in [1.54, 1.807) is 48.5 Å². The van der Waals surface area contributed by atoms with Gasteiger partial charge in [-0.2, -0.15) is 0 Å². The van der Waals surface area contributed by atoms with E-state index in [9.17, 15) is 15.3 Å². The molecule has 0 unspecified atom stereocenters. The van der Waals surface area contributed by atoms with Gasteiger partial charge in [-0.3, -0.25) is 0 Å². The van der Waals surface area contributed by atoms with E-state index >= 15 is 0 Å². The van der Waals surface area contributed by atoms with E-state index in [2.05, 4.69) is 40.7 Å². The third-order valence-corrected chi connectivity index (χ3v) is 7.01. The van der Waals surface area contributed by atoms with Crippen molar-refractivity contribution in [1.82, 2.24) is 0 Å². The molecule has 204 valence electrons. The van der Waals surface area contributed by atoms with Crippen molar-refractivity contribution in [3.05, 3.63) is 125 Å². The second kappa shape index (κ2) is 12.6. The van der Waals surface area contributed by atoms with E-state index in [1.165, 1.54) is 11.1 Å². The van der Waals surface area contributed by atoms with E-state index in [1.807, 2.05) is 48.5 Å². The molecule has 0 spiro atoms. The van der Waals surface area contributed by atoms with Gasteiger partial charge in [0.05, 0.1) is 0 Å². The molecule has 0 atom stereocenters. The molecule has 4 aromatic rings. The molecule has 0 amide bonds. The molecule has 39 heavy (non-hydrogen) atoms. The number of hydrogen-bond donors (Lipinski definition) is 4. The molecule has 0 aromatic heterocycles. The fourth-order valence-corrected chi connectivity index (χ4v) is 4.54. The first-order valence-electron chi connectivity index (χ1n) is 13.3. The summed E-state index contributed by atoms with van der Waals surface area (Å²) in [7, 11) is 0. The Morgan fingerprint density at radius 2 is 0.949 bits per heavy atom. The number of aromatic hydroxyl groups is 4. The second-order valence-corrected chi connectivity index (χ2v) is 11.1. The van der Waals surface area contributed by atoms with Crippen molar-refractivity contribution in [2.45, 2.75) is 58.3 Å². The molecule has 0 bridgehead atoms. The standard InChI is InChI=1S/C27H30O3.C8H10O/c1-26(2,21-7-13-24(29)14-8-21)17-20(19-5-11-23(28)12-6-19)18-27(3,4)22-9-15-25(30)16-10-22;1-2-7-3-5-8(9)6-4-7/h5-17,28-30H,18H2,1-4H3;3-6,9H,2H2,1H3. The van der Waals surface area contributed by atoms with E-state index in [-0.39, 0.29) is 28.1 Å². The SMILES string of the molecule is CC(C)(C=C(CC(C)(C)c1ccc(O)cc1)c1ccc(O)cc1)c1ccc(O)cc1.CCc1ccc(O)cc1. The van der Waals surface area contributed by atoms with Crippen LogP contribution in [0.1, 0.15) is 63.3 Å². The average Bonchev–Trinajstić information content (AvgIpc) is 2.90. The Morgan fingerprint density at radius 1 is 0.564 bits per heavy atom. The van der Waals surface area contributed by atoms with E-state index < -0.39 is 0 Å². The smallest absolute Gasteiger partial charge is 0.115 e. The maximum absolute atomic E-state index is 9.74. The molecule has 4 N–H and O–H groups in total. The summed E-state index contributed by atoms with van der Waals surface area (Å²) >= 11 is 0. The van der Waals surface area contributed by atoms with Gasteiger partial charge in [-0.15, -0.1) is 0 Å². The summed E-state index contributed by atoms with van der Waals surface area (Å²) in [5.41, 5.74) is 5.32. The highest BCUT2D eigenvalue weighted by molar-refractivity contribution is 5.69. The molecule has 0 saturated carbocycles. The van der Waals surface area contributed by atoms with Gasteiger partial charge in [-0.1, -0.05) is 89.2 Å². The third-order valence-electron chi connectivity index (χ3n) is 7.01. The zero-order valence-corrected chi connectivity index (χ0v) is 23.5. The summed E-state index contributed by atoms with van der Waals surface area (Å²) in [6.45, 7) is 10.8. The number of allylic oxidation sites excluding steroid dienone is 2. The molecule has 4 aromatic carbocycles. The summed E-state index contributed by atoms with van der Waals surface area (Å²) in [5.74, 6) is 1.10. The lowest BCUT2D eigenvalue weighted by Gasteiger charge is -2.30. The first kappa shape index (κ1) is 29.4. The van der Waals surface area contributed by atoms with Gasteiger partial charge < -0.3 is 20.4 Å². The maximum atomic E-state index is 9.74. The van der Waals surface area contributed by atoms with Gasteiger partial charge in [0.15, 0.2) is 0 Å². The zero-order valence-electron chi connectivity index (χ0n) is 23.5. The van der Waals surface area contributed by atoms with Crippen LogP contribution in [0.3, 0.4) is 0 Å². The molecule has 0 aliphatic heterocycles. The van der Waals surface area contributed by atoms with Crippen LogP contribution < -0.4 is 0 Å². The fourth-order valence-electron chi connectivity index (χ4n) is 4.54. The number of benzene rings is 4. The third kappa shape index (κ3) is 8.41. The minimum atomic E-state index is -0.258.